The first-order valence-electron chi connectivity index (χ1n) is 15.0. The Labute approximate surface area is 259 Å². The lowest BCUT2D eigenvalue weighted by Crippen LogP contribution is -2.49. The number of aryl methyl sites for hydroxylation is 1. The molecule has 8 nitrogen and oxygen atoms in total. The Kier molecular flexibility index (Phi) is 9.05. The van der Waals surface area contributed by atoms with Crippen LogP contribution in [-0.4, -0.2) is 50.0 Å². The SMILES string of the molecule is C=CCC(C)C(C)S(=O)(=O)NC(=O)c1ccc2c(n1)N(C[C@@H]1CC[C@H]1C(=O)C=C)C[C@@]1(CCCc3cc(Cl)ccc31)CO2. The van der Waals surface area contributed by atoms with Crippen molar-refractivity contribution in [2.45, 2.75) is 63.0 Å². The summed E-state index contributed by atoms with van der Waals surface area (Å²) in [5, 5.41) is -0.0982. The molecule has 5 atom stereocenters. The van der Waals surface area contributed by atoms with Crippen LogP contribution >= 0.6 is 11.6 Å². The average molecular weight is 626 g/mol. The van der Waals surface area contributed by atoms with E-state index < -0.39 is 21.2 Å². The summed E-state index contributed by atoms with van der Waals surface area (Å²) in [7, 11) is -3.95. The highest BCUT2D eigenvalue weighted by Gasteiger charge is 2.44. The van der Waals surface area contributed by atoms with Crippen LogP contribution in [0, 0.1) is 17.8 Å². The molecule has 1 aromatic heterocycles. The lowest BCUT2D eigenvalue weighted by atomic mass is 9.69. The highest BCUT2D eigenvalue weighted by Crippen LogP contribution is 2.45. The van der Waals surface area contributed by atoms with E-state index in [1.165, 1.54) is 23.3 Å². The number of anilines is 1. The fourth-order valence-electron chi connectivity index (χ4n) is 6.74. The molecule has 1 amide bonds. The molecular formula is C33H40ClN3O5S. The second-order valence-corrected chi connectivity index (χ2v) is 14.8. The number of rotatable bonds is 10. The van der Waals surface area contributed by atoms with Crippen LogP contribution in [-0.2, 0) is 26.7 Å². The van der Waals surface area contributed by atoms with Crippen LogP contribution in [0.4, 0.5) is 5.82 Å². The quantitative estimate of drug-likeness (QED) is 0.269. The van der Waals surface area contributed by atoms with Gasteiger partial charge in [-0.15, -0.1) is 6.58 Å². The highest BCUT2D eigenvalue weighted by atomic mass is 35.5. The van der Waals surface area contributed by atoms with E-state index in [4.69, 9.17) is 21.3 Å². The van der Waals surface area contributed by atoms with Gasteiger partial charge in [-0.25, -0.2) is 18.1 Å². The third kappa shape index (κ3) is 6.25. The molecule has 1 spiro atoms. The van der Waals surface area contributed by atoms with Crippen LogP contribution in [0.3, 0.4) is 0 Å². The van der Waals surface area contributed by atoms with Crippen LogP contribution in [0.15, 0.2) is 55.6 Å². The maximum atomic E-state index is 13.3. The molecule has 3 aliphatic rings. The van der Waals surface area contributed by atoms with Crippen LogP contribution in [0.1, 0.15) is 67.6 Å². The van der Waals surface area contributed by atoms with Gasteiger partial charge in [-0.3, -0.25) is 9.59 Å². The molecule has 0 bridgehead atoms. The van der Waals surface area contributed by atoms with Crippen molar-refractivity contribution in [3.8, 4) is 5.75 Å². The molecule has 1 aromatic carbocycles. The molecule has 0 radical (unpaired) electrons. The predicted octanol–water partition coefficient (Wildman–Crippen LogP) is 5.65. The first-order chi connectivity index (χ1) is 20.5. The van der Waals surface area contributed by atoms with E-state index >= 15 is 0 Å². The Bertz CT molecular complexity index is 1540. The number of sulfonamides is 1. The molecule has 1 saturated carbocycles. The van der Waals surface area contributed by atoms with Crippen molar-refractivity contribution in [3.63, 3.8) is 0 Å². The van der Waals surface area contributed by atoms with Gasteiger partial charge >= 0.3 is 0 Å². The van der Waals surface area contributed by atoms with E-state index in [0.29, 0.717) is 42.7 Å². The van der Waals surface area contributed by atoms with Crippen LogP contribution in [0.25, 0.3) is 0 Å². The second-order valence-electron chi connectivity index (χ2n) is 12.4. The van der Waals surface area contributed by atoms with Crippen molar-refractivity contribution in [1.82, 2.24) is 9.71 Å². The van der Waals surface area contributed by atoms with Gasteiger partial charge < -0.3 is 9.64 Å². The number of fused-ring (bicyclic) bond motifs is 3. The Morgan fingerprint density at radius 1 is 1.23 bits per heavy atom. The van der Waals surface area contributed by atoms with Crippen molar-refractivity contribution in [2.24, 2.45) is 17.8 Å². The number of halogens is 1. The van der Waals surface area contributed by atoms with Crippen LogP contribution < -0.4 is 14.4 Å². The Hall–Kier alpha value is -3.17. The molecule has 2 aromatic rings. The number of benzene rings is 1. The summed E-state index contributed by atoms with van der Waals surface area (Å²) in [6.45, 7) is 12.3. The first kappa shape index (κ1) is 31.3. The summed E-state index contributed by atoms with van der Waals surface area (Å²) in [6, 6.07) is 9.23. The maximum absolute atomic E-state index is 13.3. The van der Waals surface area contributed by atoms with E-state index in [1.807, 2.05) is 19.1 Å². The van der Waals surface area contributed by atoms with Gasteiger partial charge in [0.1, 0.15) is 5.69 Å². The van der Waals surface area contributed by atoms with Crippen molar-refractivity contribution in [2.75, 3.05) is 24.6 Å². The molecule has 2 unspecified atom stereocenters. The van der Waals surface area contributed by atoms with Gasteiger partial charge in [-0.2, -0.15) is 0 Å². The molecule has 0 saturated heterocycles. The van der Waals surface area contributed by atoms with E-state index in [1.54, 1.807) is 19.1 Å². The monoisotopic (exact) mass is 625 g/mol. The maximum Gasteiger partial charge on any atom is 0.283 e. The number of allylic oxidation sites excluding steroid dienone is 2. The van der Waals surface area contributed by atoms with Crippen LogP contribution in [0.5, 0.6) is 5.75 Å². The number of pyridine rings is 1. The lowest BCUT2D eigenvalue weighted by molar-refractivity contribution is -0.122. The molecule has 2 heterocycles. The van der Waals surface area contributed by atoms with E-state index in [2.05, 4.69) is 28.8 Å². The number of hydrogen-bond acceptors (Lipinski definition) is 7. The lowest BCUT2D eigenvalue weighted by Gasteiger charge is -2.43. The fourth-order valence-corrected chi connectivity index (χ4v) is 8.20. The summed E-state index contributed by atoms with van der Waals surface area (Å²) in [5.41, 5.74) is 2.04. The number of carbonyl (C=O) groups is 2. The number of nitrogens with one attached hydrogen (secondary N) is 1. The van der Waals surface area contributed by atoms with E-state index in [9.17, 15) is 18.0 Å². The van der Waals surface area contributed by atoms with Crippen LogP contribution in [0.2, 0.25) is 5.02 Å². The van der Waals surface area contributed by atoms with Gasteiger partial charge in [0.2, 0.25) is 10.0 Å². The minimum atomic E-state index is -3.95. The minimum absolute atomic E-state index is 0.0152. The van der Waals surface area contributed by atoms with Crippen molar-refractivity contribution in [1.29, 1.82) is 0 Å². The third-order valence-corrected chi connectivity index (χ3v) is 11.8. The predicted molar refractivity (Wildman–Crippen MR) is 169 cm³/mol. The minimum Gasteiger partial charge on any atom is -0.489 e. The number of ketones is 1. The average Bonchev–Trinajstić information content (AvgIpc) is 3.11. The summed E-state index contributed by atoms with van der Waals surface area (Å²) in [4.78, 5) is 32.7. The topological polar surface area (TPSA) is 106 Å². The Balaban J connectivity index is 1.49. The van der Waals surface area contributed by atoms with Crippen molar-refractivity contribution < 1.29 is 22.7 Å². The van der Waals surface area contributed by atoms with E-state index in [-0.39, 0.29) is 34.6 Å². The number of nitrogens with zero attached hydrogens (tertiary/aromatic N) is 2. The number of ether oxygens (including phenoxy) is 1. The molecule has 2 aliphatic carbocycles. The fraction of sp³-hybridized carbons (Fsp3) is 0.485. The summed E-state index contributed by atoms with van der Waals surface area (Å²) < 4.78 is 34.7. The molecule has 1 fully saturated rings. The number of amides is 1. The largest absolute Gasteiger partial charge is 0.489 e. The number of hydrogen-bond donors (Lipinski definition) is 1. The zero-order valence-corrected chi connectivity index (χ0v) is 26.4. The van der Waals surface area contributed by atoms with Crippen molar-refractivity contribution in [3.05, 3.63) is 77.5 Å². The Morgan fingerprint density at radius 3 is 2.72 bits per heavy atom. The zero-order valence-electron chi connectivity index (χ0n) is 24.9. The number of carbonyl (C=O) groups excluding carboxylic acids is 2. The summed E-state index contributed by atoms with van der Waals surface area (Å²) in [6.07, 6.45) is 8.10. The molecule has 230 valence electrons. The van der Waals surface area contributed by atoms with Crippen molar-refractivity contribution >= 4 is 39.1 Å². The smallest absolute Gasteiger partial charge is 0.283 e. The first-order valence-corrected chi connectivity index (χ1v) is 16.9. The van der Waals surface area contributed by atoms with Gasteiger partial charge in [0, 0.05) is 29.4 Å². The third-order valence-electron chi connectivity index (χ3n) is 9.61. The van der Waals surface area contributed by atoms with Gasteiger partial charge in [0.15, 0.2) is 17.4 Å². The standard InChI is InChI=1S/C33H40ClN3O5S/c1-5-8-21(3)22(4)43(40,41)36-32(39)28-14-15-30-31(35-28)37(18-24-10-12-26(24)29(38)6-2)19-33(20-42-30)16-7-9-23-17-25(34)11-13-27(23)33/h5-6,11,13-15,17,21-22,24,26H,1-2,7-10,12,16,18-20H2,3-4H3,(H,36,39)/t21?,22?,24-,26+,33-/m0/s1. The van der Waals surface area contributed by atoms with E-state index in [0.717, 1.165) is 32.1 Å². The van der Waals surface area contributed by atoms with Gasteiger partial charge in [0.25, 0.3) is 5.91 Å². The molecule has 43 heavy (non-hydrogen) atoms. The Morgan fingerprint density at radius 2 is 2.02 bits per heavy atom. The molecule has 5 rings (SSSR count). The molecular weight excluding hydrogens is 586 g/mol. The number of aromatic nitrogens is 1. The summed E-state index contributed by atoms with van der Waals surface area (Å²) >= 11 is 6.36. The molecule has 1 aliphatic heterocycles. The molecule has 1 N–H and O–H groups in total. The summed E-state index contributed by atoms with van der Waals surface area (Å²) in [5.74, 6) is 0.0399. The molecule has 10 heteroatoms. The van der Waals surface area contributed by atoms with Gasteiger partial charge in [0.05, 0.1) is 11.9 Å². The highest BCUT2D eigenvalue weighted by molar-refractivity contribution is 7.90. The second kappa shape index (κ2) is 12.4. The van der Waals surface area contributed by atoms with Gasteiger partial charge in [-0.1, -0.05) is 37.2 Å². The zero-order chi connectivity index (χ0) is 30.9. The van der Waals surface area contributed by atoms with Gasteiger partial charge in [-0.05, 0) is 98.8 Å². The normalized spacial score (nSPS) is 24.3.